The lowest BCUT2D eigenvalue weighted by molar-refractivity contribution is 0.157. The molecule has 1 saturated carbocycles. The molecule has 1 heteroatoms. The van der Waals surface area contributed by atoms with E-state index in [4.69, 9.17) is 5.73 Å². The van der Waals surface area contributed by atoms with Crippen LogP contribution in [0.3, 0.4) is 0 Å². The summed E-state index contributed by atoms with van der Waals surface area (Å²) in [6.45, 7) is 9.25. The van der Waals surface area contributed by atoms with Gasteiger partial charge in [0.25, 0.3) is 0 Å². The molecule has 106 valence electrons. The molecule has 0 heterocycles. The minimum Gasteiger partial charge on any atom is -0.327 e. The molecule has 1 aromatic carbocycles. The quantitative estimate of drug-likeness (QED) is 0.849. The molecule has 0 saturated heterocycles. The lowest BCUT2D eigenvalue weighted by Gasteiger charge is -2.39. The molecule has 0 aromatic heterocycles. The van der Waals surface area contributed by atoms with E-state index in [1.165, 1.54) is 30.4 Å². The number of hydrogen-bond donors (Lipinski definition) is 1. The monoisotopic (exact) mass is 259 g/mol. The van der Waals surface area contributed by atoms with Crippen LogP contribution < -0.4 is 5.73 Å². The molecule has 0 radical (unpaired) electrons. The smallest absolute Gasteiger partial charge is 0.00707 e. The number of nitrogens with two attached hydrogens (primary N) is 1. The Bertz CT molecular complexity index is 402. The zero-order valence-corrected chi connectivity index (χ0v) is 12.9. The first kappa shape index (κ1) is 14.6. The molecule has 2 N–H and O–H groups in total. The lowest BCUT2D eigenvalue weighted by Crippen LogP contribution is -2.40. The zero-order chi connectivity index (χ0) is 14.0. The Morgan fingerprint density at radius 2 is 1.84 bits per heavy atom. The van der Waals surface area contributed by atoms with Crippen molar-refractivity contribution < 1.29 is 0 Å². The van der Waals surface area contributed by atoms with Gasteiger partial charge in [-0.2, -0.15) is 0 Å². The molecular formula is C18H29N. The lowest BCUT2D eigenvalue weighted by atomic mass is 9.68. The molecule has 1 aromatic rings. The Kier molecular flexibility index (Phi) is 4.35. The van der Waals surface area contributed by atoms with Crippen LogP contribution >= 0.6 is 0 Å². The third-order valence-electron chi connectivity index (χ3n) is 4.72. The van der Waals surface area contributed by atoms with Gasteiger partial charge in [0.2, 0.25) is 0 Å². The van der Waals surface area contributed by atoms with Gasteiger partial charge in [-0.1, -0.05) is 52.0 Å². The molecule has 0 bridgehead atoms. The van der Waals surface area contributed by atoms with Crippen LogP contribution in [0.2, 0.25) is 0 Å². The van der Waals surface area contributed by atoms with Crippen molar-refractivity contribution in [3.63, 3.8) is 0 Å². The van der Waals surface area contributed by atoms with Gasteiger partial charge in [-0.05, 0) is 54.1 Å². The van der Waals surface area contributed by atoms with E-state index >= 15 is 0 Å². The summed E-state index contributed by atoms with van der Waals surface area (Å²) in [6.07, 6.45) is 4.86. The predicted molar refractivity (Wildman–Crippen MR) is 83.3 cm³/mol. The second-order valence-electron chi connectivity index (χ2n) is 7.43. The van der Waals surface area contributed by atoms with E-state index in [9.17, 15) is 0 Å². The highest BCUT2D eigenvalue weighted by atomic mass is 14.7. The fourth-order valence-corrected chi connectivity index (χ4v) is 3.32. The normalized spacial score (nSPS) is 26.6. The molecule has 0 aliphatic heterocycles. The van der Waals surface area contributed by atoms with Crippen LogP contribution in [0.5, 0.6) is 0 Å². The highest BCUT2D eigenvalue weighted by molar-refractivity contribution is 5.25. The van der Waals surface area contributed by atoms with Crippen LogP contribution in [0.15, 0.2) is 24.3 Å². The van der Waals surface area contributed by atoms with Crippen molar-refractivity contribution in [3.05, 3.63) is 35.4 Å². The van der Waals surface area contributed by atoms with E-state index in [0.29, 0.717) is 23.3 Å². The highest BCUT2D eigenvalue weighted by Gasteiger charge is 2.32. The van der Waals surface area contributed by atoms with Crippen molar-refractivity contribution in [2.45, 2.75) is 65.3 Å². The van der Waals surface area contributed by atoms with Gasteiger partial charge in [0.05, 0.1) is 0 Å². The fourth-order valence-electron chi connectivity index (χ4n) is 3.32. The third-order valence-corrected chi connectivity index (χ3v) is 4.72. The summed E-state index contributed by atoms with van der Waals surface area (Å²) in [7, 11) is 0. The van der Waals surface area contributed by atoms with Gasteiger partial charge in [0, 0.05) is 6.04 Å². The molecule has 1 aliphatic rings. The van der Waals surface area contributed by atoms with Gasteiger partial charge in [-0.15, -0.1) is 0 Å². The Morgan fingerprint density at radius 3 is 2.42 bits per heavy atom. The van der Waals surface area contributed by atoms with Crippen molar-refractivity contribution in [2.75, 3.05) is 0 Å². The van der Waals surface area contributed by atoms with Crippen LogP contribution in [0.25, 0.3) is 0 Å². The van der Waals surface area contributed by atoms with E-state index in [1.54, 1.807) is 0 Å². The van der Waals surface area contributed by atoms with Crippen molar-refractivity contribution >= 4 is 0 Å². The summed E-state index contributed by atoms with van der Waals surface area (Å²) in [5.41, 5.74) is 9.67. The molecule has 1 nitrogen and oxygen atoms in total. The first-order valence-electron chi connectivity index (χ1n) is 7.72. The fraction of sp³-hybridized carbons (Fsp3) is 0.667. The second kappa shape index (κ2) is 5.66. The predicted octanol–water partition coefficient (Wildman–Crippen LogP) is 4.51. The van der Waals surface area contributed by atoms with Crippen LogP contribution in [0.1, 0.15) is 64.0 Å². The van der Waals surface area contributed by atoms with Gasteiger partial charge in [0.15, 0.2) is 0 Å². The van der Waals surface area contributed by atoms with E-state index in [2.05, 4.69) is 52.0 Å². The van der Waals surface area contributed by atoms with Gasteiger partial charge in [-0.25, -0.2) is 0 Å². The maximum Gasteiger partial charge on any atom is 0.00707 e. The standard InChI is InChI=1S/C18H29N/c1-13(2)15-7-5-14(6-8-15)11-16-12-18(3,4)10-9-17(16)19/h5-8,13,16-17H,9-12,19H2,1-4H3. The summed E-state index contributed by atoms with van der Waals surface area (Å²) in [6, 6.07) is 9.53. The first-order valence-corrected chi connectivity index (χ1v) is 7.72. The maximum atomic E-state index is 6.33. The van der Waals surface area contributed by atoms with Gasteiger partial charge in [-0.3, -0.25) is 0 Å². The summed E-state index contributed by atoms with van der Waals surface area (Å²) in [5.74, 6) is 1.26. The second-order valence-corrected chi connectivity index (χ2v) is 7.43. The molecule has 1 aliphatic carbocycles. The van der Waals surface area contributed by atoms with Gasteiger partial charge < -0.3 is 5.73 Å². The third kappa shape index (κ3) is 3.82. The summed E-state index contributed by atoms with van der Waals surface area (Å²) < 4.78 is 0. The Morgan fingerprint density at radius 1 is 1.21 bits per heavy atom. The average Bonchev–Trinajstić information content (AvgIpc) is 2.34. The van der Waals surface area contributed by atoms with E-state index < -0.39 is 0 Å². The van der Waals surface area contributed by atoms with E-state index in [1.807, 2.05) is 0 Å². The maximum absolute atomic E-state index is 6.33. The van der Waals surface area contributed by atoms with E-state index in [0.717, 1.165) is 6.42 Å². The molecule has 2 rings (SSSR count). The Labute approximate surface area is 118 Å². The highest BCUT2D eigenvalue weighted by Crippen LogP contribution is 2.39. The molecule has 0 amide bonds. The largest absolute Gasteiger partial charge is 0.327 e. The number of benzene rings is 1. The molecular weight excluding hydrogens is 230 g/mol. The van der Waals surface area contributed by atoms with Crippen LogP contribution in [0.4, 0.5) is 0 Å². The molecule has 0 spiro atoms. The minimum absolute atomic E-state index is 0.387. The van der Waals surface area contributed by atoms with Crippen molar-refractivity contribution in [1.82, 2.24) is 0 Å². The van der Waals surface area contributed by atoms with E-state index in [-0.39, 0.29) is 0 Å². The summed E-state index contributed by atoms with van der Waals surface area (Å²) in [5, 5.41) is 0. The SMILES string of the molecule is CC(C)c1ccc(CC2CC(C)(C)CCC2N)cc1. The average molecular weight is 259 g/mol. The van der Waals surface area contributed by atoms with Gasteiger partial charge in [0.1, 0.15) is 0 Å². The molecule has 2 atom stereocenters. The summed E-state index contributed by atoms with van der Waals surface area (Å²) in [4.78, 5) is 0. The van der Waals surface area contributed by atoms with Crippen molar-refractivity contribution in [2.24, 2.45) is 17.1 Å². The molecule has 1 fully saturated rings. The minimum atomic E-state index is 0.387. The number of rotatable bonds is 3. The van der Waals surface area contributed by atoms with Crippen LogP contribution in [-0.2, 0) is 6.42 Å². The van der Waals surface area contributed by atoms with Crippen molar-refractivity contribution in [1.29, 1.82) is 0 Å². The van der Waals surface area contributed by atoms with Crippen molar-refractivity contribution in [3.8, 4) is 0 Å². The molecule has 19 heavy (non-hydrogen) atoms. The first-order chi connectivity index (χ1) is 8.87. The van der Waals surface area contributed by atoms with Crippen LogP contribution in [0, 0.1) is 11.3 Å². The Hall–Kier alpha value is -0.820. The van der Waals surface area contributed by atoms with Crippen LogP contribution in [-0.4, -0.2) is 6.04 Å². The summed E-state index contributed by atoms with van der Waals surface area (Å²) >= 11 is 0. The number of hydrogen-bond acceptors (Lipinski definition) is 1. The Balaban J connectivity index is 2.03. The zero-order valence-electron chi connectivity index (χ0n) is 12.9. The molecule has 2 unspecified atom stereocenters. The topological polar surface area (TPSA) is 26.0 Å². The van der Waals surface area contributed by atoms with Gasteiger partial charge >= 0.3 is 0 Å².